The van der Waals surface area contributed by atoms with Crippen molar-refractivity contribution in [3.63, 3.8) is 0 Å². The van der Waals surface area contributed by atoms with Gasteiger partial charge in [-0.25, -0.2) is 0 Å². The van der Waals surface area contributed by atoms with E-state index in [1.165, 1.54) is 0 Å². The number of nitrogens with zero attached hydrogens (tertiary/aromatic N) is 2. The second kappa shape index (κ2) is 4.88. The molecule has 0 aliphatic carbocycles. The molecular formula is C14H20N2O. The third kappa shape index (κ3) is 2.20. The molecule has 0 amide bonds. The number of unbranched alkanes of at least 4 members (excludes halogenated alkanes) is 1. The summed E-state index contributed by atoms with van der Waals surface area (Å²) >= 11 is 0. The van der Waals surface area contributed by atoms with Gasteiger partial charge in [-0.2, -0.15) is 0 Å². The topological polar surface area (TPSA) is 35.8 Å². The van der Waals surface area contributed by atoms with Crippen LogP contribution in [-0.4, -0.2) is 28.9 Å². The van der Waals surface area contributed by atoms with E-state index in [9.17, 15) is 5.11 Å². The summed E-state index contributed by atoms with van der Waals surface area (Å²) in [6, 6.07) is 9.81. The second-order valence-electron chi connectivity index (χ2n) is 4.55. The molecular weight excluding hydrogens is 212 g/mol. The largest absolute Gasteiger partial charge is 0.365 e. The Kier molecular flexibility index (Phi) is 3.48. The Morgan fingerprint density at radius 3 is 2.71 bits per heavy atom. The molecule has 0 saturated heterocycles. The van der Waals surface area contributed by atoms with Crippen molar-refractivity contribution in [1.29, 1.82) is 0 Å². The number of benzene rings is 1. The minimum absolute atomic E-state index is 0.437. The summed E-state index contributed by atoms with van der Waals surface area (Å²) in [5.41, 5.74) is -0.0164. The average Bonchev–Trinajstić information content (AvgIpc) is 2.65. The van der Waals surface area contributed by atoms with E-state index < -0.39 is 5.72 Å². The van der Waals surface area contributed by atoms with Crippen LogP contribution in [0.25, 0.3) is 0 Å². The zero-order valence-corrected chi connectivity index (χ0v) is 10.6. The minimum Gasteiger partial charge on any atom is -0.365 e. The smallest absolute Gasteiger partial charge is 0.185 e. The minimum atomic E-state index is -0.944. The molecule has 3 heteroatoms. The van der Waals surface area contributed by atoms with Crippen molar-refractivity contribution in [1.82, 2.24) is 4.90 Å². The van der Waals surface area contributed by atoms with Crippen LogP contribution in [0.15, 0.2) is 35.3 Å². The van der Waals surface area contributed by atoms with Crippen molar-refractivity contribution in [3.05, 3.63) is 35.9 Å². The van der Waals surface area contributed by atoms with Gasteiger partial charge in [0.15, 0.2) is 5.72 Å². The summed E-state index contributed by atoms with van der Waals surface area (Å²) in [4.78, 5) is 6.41. The first-order valence-electron chi connectivity index (χ1n) is 6.25. The Morgan fingerprint density at radius 2 is 2.06 bits per heavy atom. The molecule has 0 bridgehead atoms. The number of hydrogen-bond acceptors (Lipinski definition) is 3. The van der Waals surface area contributed by atoms with Gasteiger partial charge in [0.25, 0.3) is 0 Å². The highest BCUT2D eigenvalue weighted by atomic mass is 16.3. The van der Waals surface area contributed by atoms with Crippen molar-refractivity contribution >= 4 is 5.84 Å². The maximum Gasteiger partial charge on any atom is 0.185 e. The van der Waals surface area contributed by atoms with E-state index >= 15 is 0 Å². The fourth-order valence-corrected chi connectivity index (χ4v) is 2.28. The SMILES string of the molecule is CCCCN1C(C)=NCC1(O)c1ccccc1. The summed E-state index contributed by atoms with van der Waals surface area (Å²) in [6.45, 7) is 5.42. The normalized spacial score (nSPS) is 23.9. The molecule has 1 atom stereocenters. The molecule has 92 valence electrons. The number of rotatable bonds is 4. The van der Waals surface area contributed by atoms with E-state index in [2.05, 4.69) is 11.9 Å². The number of aliphatic hydroxyl groups is 1. The molecule has 0 radical (unpaired) electrons. The van der Waals surface area contributed by atoms with Crippen molar-refractivity contribution in [2.24, 2.45) is 4.99 Å². The predicted molar refractivity (Wildman–Crippen MR) is 69.9 cm³/mol. The Balaban J connectivity index is 2.25. The van der Waals surface area contributed by atoms with E-state index in [0.717, 1.165) is 30.8 Å². The molecule has 3 nitrogen and oxygen atoms in total. The molecule has 17 heavy (non-hydrogen) atoms. The van der Waals surface area contributed by atoms with Crippen LogP contribution < -0.4 is 0 Å². The van der Waals surface area contributed by atoms with Crippen LogP contribution in [0.1, 0.15) is 32.3 Å². The van der Waals surface area contributed by atoms with Crippen LogP contribution in [0, 0.1) is 0 Å². The molecule has 0 fully saturated rings. The van der Waals surface area contributed by atoms with Crippen molar-refractivity contribution < 1.29 is 5.11 Å². The summed E-state index contributed by atoms with van der Waals surface area (Å²) in [7, 11) is 0. The molecule has 2 rings (SSSR count). The number of amidine groups is 1. The summed E-state index contributed by atoms with van der Waals surface area (Å²) in [5, 5.41) is 10.8. The Morgan fingerprint density at radius 1 is 1.35 bits per heavy atom. The molecule has 1 aromatic rings. The maximum atomic E-state index is 10.8. The van der Waals surface area contributed by atoms with Gasteiger partial charge in [-0.3, -0.25) is 4.99 Å². The van der Waals surface area contributed by atoms with E-state index in [1.54, 1.807) is 0 Å². The second-order valence-corrected chi connectivity index (χ2v) is 4.55. The average molecular weight is 232 g/mol. The lowest BCUT2D eigenvalue weighted by Crippen LogP contribution is -2.46. The molecule has 1 N–H and O–H groups in total. The molecule has 0 aromatic heterocycles. The fraction of sp³-hybridized carbons (Fsp3) is 0.500. The van der Waals surface area contributed by atoms with Crippen LogP contribution in [0.3, 0.4) is 0 Å². The van der Waals surface area contributed by atoms with Gasteiger partial charge >= 0.3 is 0 Å². The van der Waals surface area contributed by atoms with Gasteiger partial charge in [0, 0.05) is 12.1 Å². The Hall–Kier alpha value is -1.35. The van der Waals surface area contributed by atoms with Crippen LogP contribution in [-0.2, 0) is 5.72 Å². The summed E-state index contributed by atoms with van der Waals surface area (Å²) in [6.07, 6.45) is 2.19. The van der Waals surface area contributed by atoms with Gasteiger partial charge in [0.1, 0.15) is 0 Å². The van der Waals surface area contributed by atoms with Crippen LogP contribution >= 0.6 is 0 Å². The van der Waals surface area contributed by atoms with Crippen molar-refractivity contribution in [2.75, 3.05) is 13.1 Å². The van der Waals surface area contributed by atoms with Crippen molar-refractivity contribution in [3.8, 4) is 0 Å². The van der Waals surface area contributed by atoms with Gasteiger partial charge < -0.3 is 10.0 Å². The van der Waals surface area contributed by atoms with Gasteiger partial charge in [-0.05, 0) is 13.3 Å². The highest BCUT2D eigenvalue weighted by Crippen LogP contribution is 2.31. The maximum absolute atomic E-state index is 10.8. The van der Waals surface area contributed by atoms with Crippen molar-refractivity contribution in [2.45, 2.75) is 32.4 Å². The quantitative estimate of drug-likeness (QED) is 0.865. The monoisotopic (exact) mass is 232 g/mol. The van der Waals surface area contributed by atoms with Gasteiger partial charge in [0.05, 0.1) is 12.4 Å². The highest BCUT2D eigenvalue weighted by Gasteiger charge is 2.40. The summed E-state index contributed by atoms with van der Waals surface area (Å²) < 4.78 is 0. The first-order valence-corrected chi connectivity index (χ1v) is 6.25. The highest BCUT2D eigenvalue weighted by molar-refractivity contribution is 5.82. The standard InChI is InChI=1S/C14H20N2O/c1-3-4-10-16-12(2)15-11-14(16,17)13-8-6-5-7-9-13/h5-9,17H,3-4,10-11H2,1-2H3. The Labute approximate surface area is 103 Å². The van der Waals surface area contributed by atoms with E-state index in [0.29, 0.717) is 6.54 Å². The third-order valence-electron chi connectivity index (χ3n) is 3.34. The predicted octanol–water partition coefficient (Wildman–Crippen LogP) is 2.37. The fourth-order valence-electron chi connectivity index (χ4n) is 2.28. The Bertz CT molecular complexity index is 402. The van der Waals surface area contributed by atoms with E-state index in [-0.39, 0.29) is 0 Å². The van der Waals surface area contributed by atoms with E-state index in [4.69, 9.17) is 0 Å². The molecule has 0 saturated carbocycles. The summed E-state index contributed by atoms with van der Waals surface area (Å²) in [5.74, 6) is 0.935. The molecule has 0 spiro atoms. The van der Waals surface area contributed by atoms with Crippen LogP contribution in [0.2, 0.25) is 0 Å². The number of hydrogen-bond donors (Lipinski definition) is 1. The third-order valence-corrected chi connectivity index (χ3v) is 3.34. The molecule has 1 aromatic carbocycles. The first-order chi connectivity index (χ1) is 8.18. The van der Waals surface area contributed by atoms with Gasteiger partial charge in [-0.15, -0.1) is 0 Å². The number of aliphatic imine (C=N–C) groups is 1. The molecule has 1 aliphatic heterocycles. The molecule has 1 aliphatic rings. The van der Waals surface area contributed by atoms with Crippen LogP contribution in [0.4, 0.5) is 0 Å². The zero-order valence-electron chi connectivity index (χ0n) is 10.6. The van der Waals surface area contributed by atoms with Gasteiger partial charge in [0.2, 0.25) is 0 Å². The first kappa shape index (κ1) is 12.1. The van der Waals surface area contributed by atoms with E-state index in [1.807, 2.05) is 42.2 Å². The van der Waals surface area contributed by atoms with Crippen LogP contribution in [0.5, 0.6) is 0 Å². The zero-order chi connectivity index (χ0) is 12.3. The lowest BCUT2D eigenvalue weighted by molar-refractivity contribution is -0.0561. The van der Waals surface area contributed by atoms with Gasteiger partial charge in [-0.1, -0.05) is 43.7 Å². The lowest BCUT2D eigenvalue weighted by atomic mass is 10.0. The lowest BCUT2D eigenvalue weighted by Gasteiger charge is -2.35. The molecule has 1 unspecified atom stereocenters. The molecule has 1 heterocycles.